The molecule has 0 aliphatic rings. The number of fused-ring (bicyclic) bond motifs is 1. The van der Waals surface area contributed by atoms with Crippen LogP contribution in [0.4, 0.5) is 13.2 Å². The first-order chi connectivity index (χ1) is 16.3. The third-order valence-electron chi connectivity index (χ3n) is 5.34. The second kappa shape index (κ2) is 8.30. The van der Waals surface area contributed by atoms with Gasteiger partial charge in [0.05, 0.1) is 16.2 Å². The van der Waals surface area contributed by atoms with E-state index in [4.69, 9.17) is 11.6 Å². The van der Waals surface area contributed by atoms with Crippen molar-refractivity contribution < 1.29 is 21.6 Å². The lowest BCUT2D eigenvalue weighted by Gasteiger charge is -2.12. The second-order valence-electron chi connectivity index (χ2n) is 7.47. The number of sulfone groups is 1. The molecule has 2 N–H and O–H groups in total. The second-order valence-corrected chi connectivity index (χ2v) is 9.90. The normalized spacial score (nSPS) is 11.9. The van der Waals surface area contributed by atoms with Gasteiger partial charge in [-0.1, -0.05) is 29.8 Å². The molecule has 34 heavy (non-hydrogen) atoms. The molecule has 6 nitrogen and oxygen atoms in total. The van der Waals surface area contributed by atoms with Gasteiger partial charge in [0.2, 0.25) is 0 Å². The zero-order chi connectivity index (χ0) is 24.0. The van der Waals surface area contributed by atoms with E-state index in [9.17, 15) is 12.8 Å². The minimum absolute atomic E-state index is 0.111. The fourth-order valence-corrected chi connectivity index (χ4v) is 5.37. The quantitative estimate of drug-likeness (QED) is 0.324. The first-order valence-corrected chi connectivity index (χ1v) is 11.9. The molecule has 0 saturated carbocycles. The highest BCUT2D eigenvalue weighted by Crippen LogP contribution is 2.36. The first-order valence-electron chi connectivity index (χ1n) is 9.88. The Bertz CT molecular complexity index is 1650. The van der Waals surface area contributed by atoms with Gasteiger partial charge in [-0.15, -0.1) is 0 Å². The van der Waals surface area contributed by atoms with Gasteiger partial charge in [0, 0.05) is 33.9 Å². The van der Waals surface area contributed by atoms with Crippen LogP contribution in [0.15, 0.2) is 65.8 Å². The molecule has 5 rings (SSSR count). The van der Waals surface area contributed by atoms with Crippen molar-refractivity contribution in [2.45, 2.75) is 10.6 Å². The highest BCUT2D eigenvalue weighted by atomic mass is 35.5. The van der Waals surface area contributed by atoms with Crippen molar-refractivity contribution >= 4 is 32.3 Å². The highest BCUT2D eigenvalue weighted by Gasteiger charge is 2.25. The van der Waals surface area contributed by atoms with Crippen molar-refractivity contribution in [2.24, 2.45) is 0 Å². The Hall–Kier alpha value is -3.63. The van der Waals surface area contributed by atoms with Crippen molar-refractivity contribution in [2.75, 3.05) is 0 Å². The zero-order valence-electron chi connectivity index (χ0n) is 17.1. The Morgan fingerprint density at radius 1 is 1.00 bits per heavy atom. The van der Waals surface area contributed by atoms with Crippen LogP contribution in [0.2, 0.25) is 5.02 Å². The molecule has 0 spiro atoms. The third kappa shape index (κ3) is 3.74. The third-order valence-corrected chi connectivity index (χ3v) is 7.24. The van der Waals surface area contributed by atoms with Crippen LogP contribution in [0.1, 0.15) is 5.56 Å². The summed E-state index contributed by atoms with van der Waals surface area (Å²) in [5, 5.41) is 7.16. The number of hydrogen-bond donors (Lipinski definition) is 2. The van der Waals surface area contributed by atoms with E-state index in [1.807, 2.05) is 0 Å². The molecular formula is C23H14ClF3N4O2S. The maximum absolute atomic E-state index is 15.4. The first kappa shape index (κ1) is 22.2. The number of benzene rings is 3. The van der Waals surface area contributed by atoms with E-state index in [0.29, 0.717) is 16.9 Å². The molecule has 0 unspecified atom stereocenters. The predicted octanol–water partition coefficient (Wildman–Crippen LogP) is 5.66. The Balaban J connectivity index is 1.60. The van der Waals surface area contributed by atoms with Gasteiger partial charge in [-0.3, -0.25) is 5.10 Å². The van der Waals surface area contributed by atoms with Crippen LogP contribution in [-0.2, 0) is 15.6 Å². The fraction of sp³-hybridized carbons (Fsp3) is 0.0435. The summed E-state index contributed by atoms with van der Waals surface area (Å²) in [6.07, 6.45) is 3.10. The number of H-pyrrole nitrogens is 2. The van der Waals surface area contributed by atoms with E-state index in [1.165, 1.54) is 42.6 Å². The van der Waals surface area contributed by atoms with E-state index in [2.05, 4.69) is 20.2 Å². The van der Waals surface area contributed by atoms with E-state index in [0.717, 1.165) is 12.1 Å². The average Bonchev–Trinajstić information content (AvgIpc) is 3.47. The van der Waals surface area contributed by atoms with Gasteiger partial charge in [0.15, 0.2) is 21.5 Å². The molecule has 3 aromatic carbocycles. The van der Waals surface area contributed by atoms with Crippen molar-refractivity contribution in [1.82, 2.24) is 20.2 Å². The van der Waals surface area contributed by atoms with Crippen molar-refractivity contribution in [1.29, 1.82) is 0 Å². The Labute approximate surface area is 196 Å². The predicted molar refractivity (Wildman–Crippen MR) is 121 cm³/mol. The summed E-state index contributed by atoms with van der Waals surface area (Å²) >= 11 is 5.87. The van der Waals surface area contributed by atoms with Crippen LogP contribution >= 0.6 is 11.6 Å². The summed E-state index contributed by atoms with van der Waals surface area (Å²) in [4.78, 5) is 6.85. The average molecular weight is 503 g/mol. The van der Waals surface area contributed by atoms with Gasteiger partial charge in [0.25, 0.3) is 0 Å². The molecule has 5 aromatic rings. The van der Waals surface area contributed by atoms with Crippen molar-refractivity contribution in [3.63, 3.8) is 0 Å². The van der Waals surface area contributed by atoms with Crippen LogP contribution in [0.3, 0.4) is 0 Å². The number of aromatic nitrogens is 4. The maximum Gasteiger partial charge on any atom is 0.182 e. The summed E-state index contributed by atoms with van der Waals surface area (Å²) in [5.41, 5.74) is -1.11. The Morgan fingerprint density at radius 2 is 1.82 bits per heavy atom. The van der Waals surface area contributed by atoms with Gasteiger partial charge in [-0.05, 0) is 30.3 Å². The topological polar surface area (TPSA) is 91.5 Å². The lowest BCUT2D eigenvalue weighted by molar-refractivity contribution is 0.570. The molecule has 0 aliphatic carbocycles. The minimum Gasteiger partial charge on any atom is -0.343 e. The smallest absolute Gasteiger partial charge is 0.182 e. The largest absolute Gasteiger partial charge is 0.343 e. The number of rotatable bonds is 5. The standard InChI is InChI=1S/C23H14ClF3N4O2S/c24-13-2-1-3-14(10-13)34(32,33)11-12-4-7-17(25)18(19(12)26)15-5-6-16-21(20(15)27)30-31-22(16)23-28-8-9-29-23/h1-10H,11H2,(H,28,29)(H,30,31). The van der Waals surface area contributed by atoms with Gasteiger partial charge in [-0.2, -0.15) is 5.10 Å². The number of nitrogens with zero attached hydrogens (tertiary/aromatic N) is 2. The Kier molecular flexibility index (Phi) is 5.41. The Morgan fingerprint density at radius 3 is 2.56 bits per heavy atom. The van der Waals surface area contributed by atoms with Gasteiger partial charge in [-0.25, -0.2) is 26.6 Å². The van der Waals surface area contributed by atoms with Gasteiger partial charge in [0.1, 0.15) is 22.8 Å². The molecule has 0 atom stereocenters. The summed E-state index contributed by atoms with van der Waals surface area (Å²) in [7, 11) is -4.01. The molecule has 0 radical (unpaired) electrons. The van der Waals surface area contributed by atoms with Crippen molar-refractivity contribution in [3.8, 4) is 22.6 Å². The summed E-state index contributed by atoms with van der Waals surface area (Å²) in [6.45, 7) is 0. The molecule has 0 amide bonds. The highest BCUT2D eigenvalue weighted by molar-refractivity contribution is 7.90. The minimum atomic E-state index is -4.01. The van der Waals surface area contributed by atoms with Crippen LogP contribution in [0.25, 0.3) is 33.5 Å². The van der Waals surface area contributed by atoms with Crippen LogP contribution < -0.4 is 0 Å². The molecule has 11 heteroatoms. The van der Waals surface area contributed by atoms with Crippen molar-refractivity contribution in [3.05, 3.63) is 89.0 Å². The maximum atomic E-state index is 15.4. The molecule has 0 aliphatic heterocycles. The number of imidazole rings is 1. The summed E-state index contributed by atoms with van der Waals surface area (Å²) in [5.74, 6) is -3.52. The van der Waals surface area contributed by atoms with E-state index in [1.54, 1.807) is 6.20 Å². The van der Waals surface area contributed by atoms with E-state index in [-0.39, 0.29) is 26.6 Å². The van der Waals surface area contributed by atoms with E-state index >= 15 is 8.78 Å². The summed E-state index contributed by atoms with van der Waals surface area (Å²) < 4.78 is 71.1. The number of hydrogen-bond acceptors (Lipinski definition) is 4. The zero-order valence-corrected chi connectivity index (χ0v) is 18.7. The number of nitrogens with one attached hydrogen (secondary N) is 2. The summed E-state index contributed by atoms with van der Waals surface area (Å²) in [6, 6.07) is 10.1. The lowest BCUT2D eigenvalue weighted by atomic mass is 9.99. The SMILES string of the molecule is O=S(=O)(Cc1ccc(F)c(-c2ccc3c(-c4ncc[nH]4)[nH]nc3c2F)c1F)c1cccc(Cl)c1. The molecular weight excluding hydrogens is 489 g/mol. The van der Waals surface area contributed by atoms with Gasteiger partial charge < -0.3 is 4.98 Å². The number of aromatic amines is 2. The van der Waals surface area contributed by atoms with E-state index < -0.39 is 38.6 Å². The lowest BCUT2D eigenvalue weighted by Crippen LogP contribution is -2.08. The molecule has 172 valence electrons. The molecule has 2 heterocycles. The molecule has 0 bridgehead atoms. The van der Waals surface area contributed by atoms with Gasteiger partial charge >= 0.3 is 0 Å². The van der Waals surface area contributed by atoms with Crippen LogP contribution in [0.5, 0.6) is 0 Å². The van der Waals surface area contributed by atoms with Crippen LogP contribution in [0, 0.1) is 17.5 Å². The van der Waals surface area contributed by atoms with Crippen LogP contribution in [-0.4, -0.2) is 28.6 Å². The molecule has 0 saturated heterocycles. The fourth-order valence-electron chi connectivity index (χ4n) is 3.73. The molecule has 0 fully saturated rings. The monoisotopic (exact) mass is 502 g/mol. The molecule has 2 aromatic heterocycles. The number of halogens is 4.